The standard InChI is InChI=1S/C11H19N3O3/c1-3-17-8-4-6-12-11(15)10-5-7-14(13-10)9-16-2/h5,7H,3-4,6,8-9H2,1-2H3,(H,12,15). The van der Waals surface area contributed by atoms with Gasteiger partial charge in [-0.1, -0.05) is 0 Å². The molecule has 0 bridgehead atoms. The molecule has 17 heavy (non-hydrogen) atoms. The summed E-state index contributed by atoms with van der Waals surface area (Å²) in [6.07, 6.45) is 2.51. The fourth-order valence-electron chi connectivity index (χ4n) is 1.30. The molecule has 1 aromatic rings. The Labute approximate surface area is 101 Å². The Bertz CT molecular complexity index is 338. The van der Waals surface area contributed by atoms with Gasteiger partial charge in [0.2, 0.25) is 0 Å². The van der Waals surface area contributed by atoms with Crippen molar-refractivity contribution >= 4 is 5.91 Å². The number of carbonyl (C=O) groups excluding carboxylic acids is 1. The van der Waals surface area contributed by atoms with Crippen LogP contribution in [0.25, 0.3) is 0 Å². The van der Waals surface area contributed by atoms with Crippen LogP contribution in [0.2, 0.25) is 0 Å². The van der Waals surface area contributed by atoms with Crippen molar-refractivity contribution in [2.24, 2.45) is 0 Å². The SMILES string of the molecule is CCOCCCNC(=O)c1ccn(COC)n1. The Hall–Kier alpha value is -1.40. The van der Waals surface area contributed by atoms with Crippen molar-refractivity contribution in [1.29, 1.82) is 0 Å². The molecule has 1 amide bonds. The molecule has 0 radical (unpaired) electrons. The number of hydrogen-bond acceptors (Lipinski definition) is 4. The van der Waals surface area contributed by atoms with Crippen LogP contribution < -0.4 is 5.32 Å². The molecule has 6 nitrogen and oxygen atoms in total. The van der Waals surface area contributed by atoms with Crippen molar-refractivity contribution in [3.8, 4) is 0 Å². The summed E-state index contributed by atoms with van der Waals surface area (Å²) < 4.78 is 11.6. The lowest BCUT2D eigenvalue weighted by atomic mass is 10.4. The summed E-state index contributed by atoms with van der Waals surface area (Å²) in [6, 6.07) is 1.66. The van der Waals surface area contributed by atoms with Gasteiger partial charge in [-0.05, 0) is 19.4 Å². The summed E-state index contributed by atoms with van der Waals surface area (Å²) in [7, 11) is 1.58. The highest BCUT2D eigenvalue weighted by molar-refractivity contribution is 5.92. The fraction of sp³-hybridized carbons (Fsp3) is 0.636. The third kappa shape index (κ3) is 4.97. The smallest absolute Gasteiger partial charge is 0.271 e. The van der Waals surface area contributed by atoms with Crippen molar-refractivity contribution in [1.82, 2.24) is 15.1 Å². The molecule has 0 aliphatic carbocycles. The molecular weight excluding hydrogens is 222 g/mol. The Morgan fingerprint density at radius 1 is 1.59 bits per heavy atom. The van der Waals surface area contributed by atoms with Gasteiger partial charge in [0.1, 0.15) is 12.4 Å². The zero-order valence-corrected chi connectivity index (χ0v) is 10.3. The number of rotatable bonds is 8. The Morgan fingerprint density at radius 3 is 3.12 bits per heavy atom. The lowest BCUT2D eigenvalue weighted by Gasteiger charge is -2.03. The highest BCUT2D eigenvalue weighted by Gasteiger charge is 2.08. The second-order valence-electron chi connectivity index (χ2n) is 3.46. The maximum absolute atomic E-state index is 11.6. The third-order valence-electron chi connectivity index (χ3n) is 2.09. The monoisotopic (exact) mass is 241 g/mol. The summed E-state index contributed by atoms with van der Waals surface area (Å²) >= 11 is 0. The van der Waals surface area contributed by atoms with E-state index in [9.17, 15) is 4.79 Å². The van der Waals surface area contributed by atoms with Gasteiger partial charge < -0.3 is 14.8 Å². The molecule has 0 fully saturated rings. The van der Waals surface area contributed by atoms with Gasteiger partial charge in [0.25, 0.3) is 5.91 Å². The van der Waals surface area contributed by atoms with E-state index in [1.54, 1.807) is 24.1 Å². The van der Waals surface area contributed by atoms with Gasteiger partial charge in [-0.25, -0.2) is 4.68 Å². The van der Waals surface area contributed by atoms with E-state index in [-0.39, 0.29) is 5.91 Å². The zero-order chi connectivity index (χ0) is 12.5. The maximum Gasteiger partial charge on any atom is 0.271 e. The molecule has 1 heterocycles. The van der Waals surface area contributed by atoms with Crippen molar-refractivity contribution < 1.29 is 14.3 Å². The Balaban J connectivity index is 2.26. The average Bonchev–Trinajstić information content (AvgIpc) is 2.78. The van der Waals surface area contributed by atoms with Crippen molar-refractivity contribution in [2.45, 2.75) is 20.1 Å². The quantitative estimate of drug-likeness (QED) is 0.678. The third-order valence-corrected chi connectivity index (χ3v) is 2.09. The van der Waals surface area contributed by atoms with Gasteiger partial charge in [0.15, 0.2) is 0 Å². The van der Waals surface area contributed by atoms with Crippen LogP contribution in [0, 0.1) is 0 Å². The van der Waals surface area contributed by atoms with Crippen molar-refractivity contribution in [3.05, 3.63) is 18.0 Å². The first-order chi connectivity index (χ1) is 8.27. The first-order valence-electron chi connectivity index (χ1n) is 5.66. The van der Waals surface area contributed by atoms with E-state index in [4.69, 9.17) is 9.47 Å². The lowest BCUT2D eigenvalue weighted by Crippen LogP contribution is -2.25. The number of amides is 1. The van der Waals surface area contributed by atoms with E-state index in [0.717, 1.165) is 6.42 Å². The van der Waals surface area contributed by atoms with E-state index in [2.05, 4.69) is 10.4 Å². The van der Waals surface area contributed by atoms with Gasteiger partial charge in [-0.15, -0.1) is 0 Å². The molecule has 0 saturated heterocycles. The predicted octanol–water partition coefficient (Wildman–Crippen LogP) is 0.643. The van der Waals surface area contributed by atoms with Crippen LogP contribution in [0.4, 0.5) is 0 Å². The van der Waals surface area contributed by atoms with Crippen LogP contribution in [0.5, 0.6) is 0 Å². The minimum absolute atomic E-state index is 0.170. The normalized spacial score (nSPS) is 10.5. The van der Waals surface area contributed by atoms with Crippen LogP contribution in [0.3, 0.4) is 0 Å². The molecule has 0 unspecified atom stereocenters. The number of methoxy groups -OCH3 is 1. The molecule has 0 spiro atoms. The number of ether oxygens (including phenoxy) is 2. The van der Waals surface area contributed by atoms with E-state index < -0.39 is 0 Å². The van der Waals surface area contributed by atoms with Gasteiger partial charge in [0, 0.05) is 33.1 Å². The van der Waals surface area contributed by atoms with E-state index in [1.807, 2.05) is 6.92 Å². The topological polar surface area (TPSA) is 65.4 Å². The lowest BCUT2D eigenvalue weighted by molar-refractivity contribution is 0.0931. The second kappa shape index (κ2) is 7.81. The molecule has 1 rings (SSSR count). The summed E-state index contributed by atoms with van der Waals surface area (Å²) in [6.45, 7) is 4.25. The molecule has 6 heteroatoms. The van der Waals surface area contributed by atoms with Gasteiger partial charge >= 0.3 is 0 Å². The van der Waals surface area contributed by atoms with Crippen LogP contribution in [0.15, 0.2) is 12.3 Å². The number of hydrogen-bond donors (Lipinski definition) is 1. The molecule has 1 N–H and O–H groups in total. The van der Waals surface area contributed by atoms with Crippen LogP contribution in [-0.4, -0.2) is 42.6 Å². The Kier molecular flexibility index (Phi) is 6.27. The minimum atomic E-state index is -0.170. The zero-order valence-electron chi connectivity index (χ0n) is 10.3. The second-order valence-corrected chi connectivity index (χ2v) is 3.46. The highest BCUT2D eigenvalue weighted by atomic mass is 16.5. The molecular formula is C11H19N3O3. The van der Waals surface area contributed by atoms with Gasteiger partial charge in [0.05, 0.1) is 0 Å². The first kappa shape index (κ1) is 13.7. The van der Waals surface area contributed by atoms with Crippen LogP contribution in [-0.2, 0) is 16.2 Å². The molecule has 0 saturated carbocycles. The number of aromatic nitrogens is 2. The van der Waals surface area contributed by atoms with Crippen molar-refractivity contribution in [2.75, 3.05) is 26.9 Å². The summed E-state index contributed by atoms with van der Waals surface area (Å²) in [4.78, 5) is 11.6. The average molecular weight is 241 g/mol. The molecule has 0 atom stereocenters. The first-order valence-corrected chi connectivity index (χ1v) is 5.66. The van der Waals surface area contributed by atoms with Crippen molar-refractivity contribution in [3.63, 3.8) is 0 Å². The maximum atomic E-state index is 11.6. The van der Waals surface area contributed by atoms with E-state index in [0.29, 0.717) is 32.2 Å². The largest absolute Gasteiger partial charge is 0.382 e. The summed E-state index contributed by atoms with van der Waals surface area (Å²) in [5.74, 6) is -0.170. The fourth-order valence-corrected chi connectivity index (χ4v) is 1.30. The highest BCUT2D eigenvalue weighted by Crippen LogP contribution is 1.96. The van der Waals surface area contributed by atoms with Gasteiger partial charge in [-0.2, -0.15) is 5.10 Å². The molecule has 0 aromatic carbocycles. The minimum Gasteiger partial charge on any atom is -0.382 e. The molecule has 0 aliphatic rings. The number of carbonyl (C=O) groups is 1. The van der Waals surface area contributed by atoms with Crippen LogP contribution >= 0.6 is 0 Å². The van der Waals surface area contributed by atoms with Crippen LogP contribution in [0.1, 0.15) is 23.8 Å². The number of nitrogens with zero attached hydrogens (tertiary/aromatic N) is 2. The molecule has 0 aliphatic heterocycles. The van der Waals surface area contributed by atoms with E-state index in [1.165, 1.54) is 0 Å². The van der Waals surface area contributed by atoms with Gasteiger partial charge in [-0.3, -0.25) is 4.79 Å². The van der Waals surface area contributed by atoms with E-state index >= 15 is 0 Å². The predicted molar refractivity (Wildman–Crippen MR) is 62.7 cm³/mol. The number of nitrogens with one attached hydrogen (secondary N) is 1. The Morgan fingerprint density at radius 2 is 2.41 bits per heavy atom. The summed E-state index contributed by atoms with van der Waals surface area (Å²) in [5, 5.41) is 6.84. The summed E-state index contributed by atoms with van der Waals surface area (Å²) in [5.41, 5.74) is 0.401. The molecule has 1 aromatic heterocycles. The molecule has 96 valence electrons.